The fourth-order valence-corrected chi connectivity index (χ4v) is 4.12. The molecule has 3 heterocycles. The van der Waals surface area contributed by atoms with Crippen molar-refractivity contribution in [3.63, 3.8) is 0 Å². The number of benzene rings is 1. The van der Waals surface area contributed by atoms with E-state index in [1.807, 2.05) is 35.2 Å². The van der Waals surface area contributed by atoms with Crippen molar-refractivity contribution >= 4 is 29.1 Å². The number of hydrogen-bond donors (Lipinski definition) is 1. The fraction of sp³-hybridized carbons (Fsp3) is 0.190. The van der Waals surface area contributed by atoms with E-state index in [2.05, 4.69) is 16.4 Å². The van der Waals surface area contributed by atoms with Gasteiger partial charge in [-0.25, -0.2) is 9.78 Å². The van der Waals surface area contributed by atoms with Gasteiger partial charge in [-0.2, -0.15) is 0 Å². The van der Waals surface area contributed by atoms with E-state index in [4.69, 9.17) is 16.6 Å². The van der Waals surface area contributed by atoms with Gasteiger partial charge in [0.25, 0.3) is 0 Å². The van der Waals surface area contributed by atoms with Crippen molar-refractivity contribution in [2.75, 3.05) is 10.2 Å². The maximum atomic E-state index is 13.0. The predicted molar refractivity (Wildman–Crippen MR) is 106 cm³/mol. The quantitative estimate of drug-likeness (QED) is 0.677. The Kier molecular flexibility index (Phi) is 3.83. The van der Waals surface area contributed by atoms with E-state index in [0.29, 0.717) is 10.9 Å². The van der Waals surface area contributed by atoms with Gasteiger partial charge < -0.3 is 5.32 Å². The van der Waals surface area contributed by atoms with Crippen molar-refractivity contribution in [2.24, 2.45) is 0 Å². The van der Waals surface area contributed by atoms with Gasteiger partial charge in [0.05, 0.1) is 5.69 Å². The molecule has 3 aromatic rings. The van der Waals surface area contributed by atoms with E-state index in [-0.39, 0.29) is 12.1 Å². The number of aromatic nitrogens is 2. The van der Waals surface area contributed by atoms with Gasteiger partial charge in [0, 0.05) is 46.2 Å². The maximum Gasteiger partial charge on any atom is 0.327 e. The molecule has 5 nitrogen and oxygen atoms in total. The minimum atomic E-state index is -0.148. The van der Waals surface area contributed by atoms with Gasteiger partial charge in [0.1, 0.15) is 5.82 Å². The summed E-state index contributed by atoms with van der Waals surface area (Å²) in [5, 5.41) is 3.63. The first-order valence-electron chi connectivity index (χ1n) is 8.98. The van der Waals surface area contributed by atoms with Crippen LogP contribution in [-0.2, 0) is 0 Å². The van der Waals surface area contributed by atoms with E-state index in [9.17, 15) is 4.79 Å². The van der Waals surface area contributed by atoms with Gasteiger partial charge in [0.2, 0.25) is 0 Å². The SMILES string of the molecule is O=C(Nc1ccncc1)N1c2nc(-c3cccc(Cl)c3)ccc2C2CCC21. The zero-order valence-electron chi connectivity index (χ0n) is 14.5. The third-order valence-corrected chi connectivity index (χ3v) is 5.61. The molecule has 1 aliphatic carbocycles. The number of urea groups is 1. The summed E-state index contributed by atoms with van der Waals surface area (Å²) in [6.07, 6.45) is 5.41. The van der Waals surface area contributed by atoms with Crippen LogP contribution in [-0.4, -0.2) is 22.0 Å². The Morgan fingerprint density at radius 3 is 2.70 bits per heavy atom. The predicted octanol–water partition coefficient (Wildman–Crippen LogP) is 5.10. The van der Waals surface area contributed by atoms with Crippen LogP contribution in [0, 0.1) is 0 Å². The lowest BCUT2D eigenvalue weighted by molar-refractivity contribution is 0.248. The Balaban J connectivity index is 1.52. The Morgan fingerprint density at radius 2 is 1.96 bits per heavy atom. The number of nitrogens with one attached hydrogen (secondary N) is 1. The van der Waals surface area contributed by atoms with Crippen LogP contribution in [0.2, 0.25) is 5.02 Å². The highest BCUT2D eigenvalue weighted by molar-refractivity contribution is 6.30. The summed E-state index contributed by atoms with van der Waals surface area (Å²) in [6.45, 7) is 0. The van der Waals surface area contributed by atoms with Gasteiger partial charge in [-0.1, -0.05) is 29.8 Å². The number of halogens is 1. The van der Waals surface area contributed by atoms with E-state index >= 15 is 0 Å². The molecule has 1 N–H and O–H groups in total. The number of rotatable bonds is 2. The highest BCUT2D eigenvalue weighted by atomic mass is 35.5. The molecule has 1 saturated carbocycles. The standard InChI is InChI=1S/C21H17ClN4O/c22-14-3-1-2-13(12-14)18-6-4-17-16-5-7-19(16)26(20(17)25-18)21(27)24-15-8-10-23-11-9-15/h1-4,6,8-12,16,19H,5,7H2,(H,23,24,27). The molecule has 0 saturated heterocycles. The second kappa shape index (κ2) is 6.35. The lowest BCUT2D eigenvalue weighted by Gasteiger charge is -2.35. The van der Waals surface area contributed by atoms with Crippen LogP contribution in [0.4, 0.5) is 16.3 Å². The molecular formula is C21H17ClN4O. The number of carbonyl (C=O) groups excluding carboxylic acids is 1. The van der Waals surface area contributed by atoms with Crippen LogP contribution in [0.5, 0.6) is 0 Å². The third-order valence-electron chi connectivity index (χ3n) is 5.37. The molecule has 0 spiro atoms. The molecule has 2 amide bonds. The molecule has 2 aliphatic rings. The topological polar surface area (TPSA) is 58.1 Å². The van der Waals surface area contributed by atoms with Crippen molar-refractivity contribution in [3.8, 4) is 11.3 Å². The first kappa shape index (κ1) is 16.3. The fourth-order valence-electron chi connectivity index (χ4n) is 3.93. The van der Waals surface area contributed by atoms with Gasteiger partial charge in [0.15, 0.2) is 0 Å². The summed E-state index contributed by atoms with van der Waals surface area (Å²) in [7, 11) is 0. The molecule has 0 bridgehead atoms. The number of anilines is 2. The Bertz CT molecular complexity index is 1020. The number of amides is 2. The summed E-state index contributed by atoms with van der Waals surface area (Å²) >= 11 is 6.13. The van der Waals surface area contributed by atoms with Gasteiger partial charge in [-0.3, -0.25) is 9.88 Å². The molecule has 2 aromatic heterocycles. The number of hydrogen-bond acceptors (Lipinski definition) is 3. The highest BCUT2D eigenvalue weighted by Gasteiger charge is 2.48. The summed E-state index contributed by atoms with van der Waals surface area (Å²) in [6, 6.07) is 15.3. The van der Waals surface area contributed by atoms with Crippen molar-refractivity contribution in [3.05, 3.63) is 71.5 Å². The molecule has 2 atom stereocenters. The number of fused-ring (bicyclic) bond motifs is 3. The molecule has 27 heavy (non-hydrogen) atoms. The zero-order chi connectivity index (χ0) is 18.4. The molecular weight excluding hydrogens is 360 g/mol. The van der Waals surface area contributed by atoms with Crippen molar-refractivity contribution in [1.29, 1.82) is 0 Å². The van der Waals surface area contributed by atoms with Crippen LogP contribution in [0.1, 0.15) is 24.3 Å². The first-order chi connectivity index (χ1) is 13.2. The molecule has 0 radical (unpaired) electrons. The number of carbonyl (C=O) groups is 1. The molecule has 1 aromatic carbocycles. The molecule has 1 fully saturated rings. The Labute approximate surface area is 162 Å². The largest absolute Gasteiger partial charge is 0.327 e. The molecule has 1 aliphatic heterocycles. The molecule has 5 rings (SSSR count). The van der Waals surface area contributed by atoms with Crippen LogP contribution in [0.15, 0.2) is 60.9 Å². The monoisotopic (exact) mass is 376 g/mol. The summed E-state index contributed by atoms with van der Waals surface area (Å²) in [4.78, 5) is 23.7. The van der Waals surface area contributed by atoms with Crippen molar-refractivity contribution in [2.45, 2.75) is 24.8 Å². The minimum absolute atomic E-state index is 0.148. The van der Waals surface area contributed by atoms with Gasteiger partial charge in [-0.05, 0) is 43.2 Å². The second-order valence-electron chi connectivity index (χ2n) is 6.91. The lowest BCUT2D eigenvalue weighted by atomic mass is 9.78. The van der Waals surface area contributed by atoms with Crippen molar-refractivity contribution < 1.29 is 4.79 Å². The lowest BCUT2D eigenvalue weighted by Crippen LogP contribution is -2.46. The number of pyridine rings is 2. The van der Waals surface area contributed by atoms with Crippen molar-refractivity contribution in [1.82, 2.24) is 9.97 Å². The van der Waals surface area contributed by atoms with Crippen LogP contribution >= 0.6 is 11.6 Å². The molecule has 6 heteroatoms. The third kappa shape index (κ3) is 2.75. The summed E-state index contributed by atoms with van der Waals surface area (Å²) in [5.74, 6) is 1.13. The van der Waals surface area contributed by atoms with Gasteiger partial charge in [-0.15, -0.1) is 0 Å². The van der Waals surface area contributed by atoms with Crippen LogP contribution in [0.25, 0.3) is 11.3 Å². The Hall–Kier alpha value is -2.92. The molecule has 134 valence electrons. The summed E-state index contributed by atoms with van der Waals surface area (Å²) < 4.78 is 0. The average molecular weight is 377 g/mol. The van der Waals surface area contributed by atoms with E-state index in [1.165, 1.54) is 0 Å². The van der Waals surface area contributed by atoms with Crippen LogP contribution < -0.4 is 10.2 Å². The zero-order valence-corrected chi connectivity index (χ0v) is 15.2. The smallest absolute Gasteiger partial charge is 0.307 e. The average Bonchev–Trinajstić information content (AvgIpc) is 2.88. The normalized spacial score (nSPS) is 19.8. The maximum absolute atomic E-state index is 13.0. The minimum Gasteiger partial charge on any atom is -0.307 e. The second-order valence-corrected chi connectivity index (χ2v) is 7.34. The highest BCUT2D eigenvalue weighted by Crippen LogP contribution is 2.51. The van der Waals surface area contributed by atoms with E-state index in [0.717, 1.165) is 41.2 Å². The summed E-state index contributed by atoms with van der Waals surface area (Å²) in [5.41, 5.74) is 3.64. The molecule has 2 unspecified atom stereocenters. The first-order valence-corrected chi connectivity index (χ1v) is 9.35. The Morgan fingerprint density at radius 1 is 1.11 bits per heavy atom. The van der Waals surface area contributed by atoms with E-state index in [1.54, 1.807) is 24.5 Å². The van der Waals surface area contributed by atoms with Gasteiger partial charge >= 0.3 is 6.03 Å². The number of nitrogens with zero attached hydrogens (tertiary/aromatic N) is 3. The van der Waals surface area contributed by atoms with Crippen LogP contribution in [0.3, 0.4) is 0 Å². The van der Waals surface area contributed by atoms with E-state index < -0.39 is 0 Å².